The first-order valence-electron chi connectivity index (χ1n) is 5.56. The van der Waals surface area contributed by atoms with E-state index in [1.807, 2.05) is 6.20 Å². The minimum absolute atomic E-state index is 0.432. The van der Waals surface area contributed by atoms with Gasteiger partial charge in [-0.05, 0) is 43.9 Å². The summed E-state index contributed by atoms with van der Waals surface area (Å²) < 4.78 is 0. The summed E-state index contributed by atoms with van der Waals surface area (Å²) in [7, 11) is 0. The van der Waals surface area contributed by atoms with Gasteiger partial charge in [-0.25, -0.2) is 0 Å². The summed E-state index contributed by atoms with van der Waals surface area (Å²) in [5.41, 5.74) is 3.31. The van der Waals surface area contributed by atoms with Crippen LogP contribution < -0.4 is 5.32 Å². The molecule has 1 aromatic heterocycles. The largest absolute Gasteiger partial charge is 0.316 e. The smallest absolute Gasteiger partial charge is 0.0441 e. The molecule has 1 fully saturated rings. The predicted octanol–water partition coefficient (Wildman–Crippen LogP) is 1.65. The third kappa shape index (κ3) is 1.10. The zero-order chi connectivity index (χ0) is 9.43. The van der Waals surface area contributed by atoms with Gasteiger partial charge in [-0.1, -0.05) is 6.07 Å². The van der Waals surface area contributed by atoms with Gasteiger partial charge in [0.2, 0.25) is 0 Å². The van der Waals surface area contributed by atoms with Gasteiger partial charge < -0.3 is 5.32 Å². The highest BCUT2D eigenvalue weighted by molar-refractivity contribution is 5.33. The van der Waals surface area contributed by atoms with Crippen LogP contribution in [0.3, 0.4) is 0 Å². The van der Waals surface area contributed by atoms with Gasteiger partial charge in [-0.3, -0.25) is 4.98 Å². The van der Waals surface area contributed by atoms with Crippen molar-refractivity contribution >= 4 is 0 Å². The molecule has 0 saturated carbocycles. The van der Waals surface area contributed by atoms with Gasteiger partial charge in [0.05, 0.1) is 0 Å². The maximum absolute atomic E-state index is 4.51. The van der Waals surface area contributed by atoms with Crippen molar-refractivity contribution in [2.75, 3.05) is 13.1 Å². The minimum Gasteiger partial charge on any atom is -0.316 e. The third-order valence-corrected chi connectivity index (χ3v) is 3.77. The van der Waals surface area contributed by atoms with Crippen molar-refractivity contribution < 1.29 is 0 Å². The molecule has 1 N–H and O–H groups in total. The molecule has 0 amide bonds. The van der Waals surface area contributed by atoms with Crippen molar-refractivity contribution in [2.24, 2.45) is 0 Å². The number of rotatable bonds is 0. The molecule has 1 aliphatic heterocycles. The van der Waals surface area contributed by atoms with Gasteiger partial charge in [0.25, 0.3) is 0 Å². The Kier molecular flexibility index (Phi) is 1.84. The normalized spacial score (nSPS) is 30.6. The highest BCUT2D eigenvalue weighted by atomic mass is 14.9. The van der Waals surface area contributed by atoms with Crippen LogP contribution >= 0.6 is 0 Å². The van der Waals surface area contributed by atoms with E-state index < -0.39 is 0 Å². The zero-order valence-electron chi connectivity index (χ0n) is 8.42. The van der Waals surface area contributed by atoms with Gasteiger partial charge in [0.1, 0.15) is 0 Å². The van der Waals surface area contributed by atoms with Crippen molar-refractivity contribution in [3.05, 3.63) is 29.6 Å². The summed E-state index contributed by atoms with van der Waals surface area (Å²) in [6.45, 7) is 2.33. The van der Waals surface area contributed by atoms with Gasteiger partial charge in [0, 0.05) is 23.9 Å². The molecule has 2 heterocycles. The first-order chi connectivity index (χ1) is 6.91. The Morgan fingerprint density at radius 2 is 2.36 bits per heavy atom. The molecule has 2 aliphatic rings. The molecule has 74 valence electrons. The van der Waals surface area contributed by atoms with Crippen molar-refractivity contribution in [3.8, 4) is 0 Å². The molecule has 3 rings (SSSR count). The molecule has 1 saturated heterocycles. The fourth-order valence-electron chi connectivity index (χ4n) is 3.04. The topological polar surface area (TPSA) is 24.9 Å². The number of aryl methyl sites for hydroxylation is 1. The van der Waals surface area contributed by atoms with Crippen molar-refractivity contribution in [2.45, 2.75) is 31.1 Å². The maximum atomic E-state index is 4.51. The van der Waals surface area contributed by atoms with E-state index in [1.54, 1.807) is 0 Å². The molecule has 1 unspecified atom stereocenters. The van der Waals surface area contributed by atoms with Crippen LogP contribution in [0.15, 0.2) is 18.3 Å². The van der Waals surface area contributed by atoms with E-state index in [4.69, 9.17) is 0 Å². The molecule has 0 radical (unpaired) electrons. The Labute approximate surface area is 84.7 Å². The molecular formula is C12H16N2. The summed E-state index contributed by atoms with van der Waals surface area (Å²) in [6, 6.07) is 4.37. The average molecular weight is 188 g/mol. The van der Waals surface area contributed by atoms with E-state index in [9.17, 15) is 0 Å². The van der Waals surface area contributed by atoms with Crippen LogP contribution in [-0.2, 0) is 11.8 Å². The Morgan fingerprint density at radius 3 is 3.21 bits per heavy atom. The van der Waals surface area contributed by atoms with Gasteiger partial charge in [-0.15, -0.1) is 0 Å². The van der Waals surface area contributed by atoms with Crippen LogP contribution in [0.1, 0.15) is 30.5 Å². The van der Waals surface area contributed by atoms with Crippen LogP contribution in [0.25, 0.3) is 0 Å². The lowest BCUT2D eigenvalue weighted by Gasteiger charge is -2.34. The summed E-state index contributed by atoms with van der Waals surface area (Å²) in [4.78, 5) is 4.51. The van der Waals surface area contributed by atoms with Crippen LogP contribution in [0.4, 0.5) is 0 Å². The first kappa shape index (κ1) is 8.42. The summed E-state index contributed by atoms with van der Waals surface area (Å²) in [5.74, 6) is 0. The fourth-order valence-corrected chi connectivity index (χ4v) is 3.04. The number of hydrogen-bond donors (Lipinski definition) is 1. The van der Waals surface area contributed by atoms with Crippen LogP contribution in [0.2, 0.25) is 0 Å². The molecule has 2 nitrogen and oxygen atoms in total. The second-order valence-corrected chi connectivity index (χ2v) is 4.56. The molecule has 1 aromatic rings. The first-order valence-corrected chi connectivity index (χ1v) is 5.56. The molecule has 1 aliphatic carbocycles. The Bertz CT molecular complexity index is 340. The second-order valence-electron chi connectivity index (χ2n) is 4.56. The van der Waals surface area contributed by atoms with E-state index in [2.05, 4.69) is 22.4 Å². The lowest BCUT2D eigenvalue weighted by Crippen LogP contribution is -2.33. The number of fused-ring (bicyclic) bond motifs is 2. The lowest BCUT2D eigenvalue weighted by molar-refractivity contribution is 0.388. The second kappa shape index (κ2) is 3.06. The lowest BCUT2D eigenvalue weighted by atomic mass is 9.71. The monoisotopic (exact) mass is 188 g/mol. The van der Waals surface area contributed by atoms with Crippen LogP contribution in [0, 0.1) is 0 Å². The standard InChI is InChI=1S/C12H16N2/c1-4-11-10(3-2-7-14-11)12(5-1)6-8-13-9-12/h2-3,7,13H,1,4-6,8-9H2. The third-order valence-electron chi connectivity index (χ3n) is 3.77. The minimum atomic E-state index is 0.432. The molecule has 2 heteroatoms. The van der Waals surface area contributed by atoms with E-state index >= 15 is 0 Å². The van der Waals surface area contributed by atoms with Crippen molar-refractivity contribution in [3.63, 3.8) is 0 Å². The van der Waals surface area contributed by atoms with E-state index in [-0.39, 0.29) is 0 Å². The summed E-state index contributed by atoms with van der Waals surface area (Å²) >= 11 is 0. The molecule has 1 atom stereocenters. The van der Waals surface area contributed by atoms with Crippen molar-refractivity contribution in [1.29, 1.82) is 0 Å². The fraction of sp³-hybridized carbons (Fsp3) is 0.583. The molecule has 0 aromatic carbocycles. The molecular weight excluding hydrogens is 172 g/mol. The quantitative estimate of drug-likeness (QED) is 0.669. The van der Waals surface area contributed by atoms with Crippen LogP contribution in [0.5, 0.6) is 0 Å². The number of aromatic nitrogens is 1. The number of hydrogen-bond acceptors (Lipinski definition) is 2. The number of nitrogens with one attached hydrogen (secondary N) is 1. The van der Waals surface area contributed by atoms with Crippen molar-refractivity contribution in [1.82, 2.24) is 10.3 Å². The number of nitrogens with zero attached hydrogens (tertiary/aromatic N) is 1. The van der Waals surface area contributed by atoms with E-state index in [0.29, 0.717) is 5.41 Å². The number of pyridine rings is 1. The highest BCUT2D eigenvalue weighted by Crippen LogP contribution is 2.40. The molecule has 1 spiro atoms. The zero-order valence-corrected chi connectivity index (χ0v) is 8.42. The SMILES string of the molecule is c1cnc2c(c1)C1(CCC2)CCNC1. The Hall–Kier alpha value is -0.890. The molecule has 0 bridgehead atoms. The highest BCUT2D eigenvalue weighted by Gasteiger charge is 2.39. The maximum Gasteiger partial charge on any atom is 0.0441 e. The summed E-state index contributed by atoms with van der Waals surface area (Å²) in [5, 5.41) is 3.50. The average Bonchev–Trinajstić information content (AvgIpc) is 2.68. The predicted molar refractivity (Wildman–Crippen MR) is 56.3 cm³/mol. The Balaban J connectivity index is 2.10. The Morgan fingerprint density at radius 1 is 1.36 bits per heavy atom. The van der Waals surface area contributed by atoms with Gasteiger partial charge in [-0.2, -0.15) is 0 Å². The van der Waals surface area contributed by atoms with E-state index in [1.165, 1.54) is 43.5 Å². The van der Waals surface area contributed by atoms with E-state index in [0.717, 1.165) is 6.54 Å². The molecule has 14 heavy (non-hydrogen) atoms. The van der Waals surface area contributed by atoms with Gasteiger partial charge >= 0.3 is 0 Å². The summed E-state index contributed by atoms with van der Waals surface area (Å²) in [6.07, 6.45) is 7.06. The van der Waals surface area contributed by atoms with Crippen LogP contribution in [-0.4, -0.2) is 18.1 Å². The van der Waals surface area contributed by atoms with Gasteiger partial charge in [0.15, 0.2) is 0 Å².